The molecular weight excluding hydrogens is 324 g/mol. The largest absolute Gasteiger partial charge is 0.508 e. The Labute approximate surface area is 153 Å². The average molecular weight is 348 g/mol. The number of nitrogens with one attached hydrogen (secondary N) is 1. The van der Waals surface area contributed by atoms with Gasteiger partial charge in [-0.1, -0.05) is 24.3 Å². The lowest BCUT2D eigenvalue weighted by Gasteiger charge is -2.29. The normalized spacial score (nSPS) is 17.8. The lowest BCUT2D eigenvalue weighted by atomic mass is 10.1. The Kier molecular flexibility index (Phi) is 4.71. The van der Waals surface area contributed by atoms with Crippen molar-refractivity contribution in [2.45, 2.75) is 19.8 Å². The van der Waals surface area contributed by atoms with Gasteiger partial charge in [-0.3, -0.25) is 0 Å². The molecule has 1 saturated heterocycles. The molecule has 2 N–H and O–H groups in total. The number of nitrogens with zero attached hydrogens (tertiary/aromatic N) is 3. The van der Waals surface area contributed by atoms with E-state index >= 15 is 0 Å². The van der Waals surface area contributed by atoms with Crippen molar-refractivity contribution in [3.8, 4) is 0 Å². The van der Waals surface area contributed by atoms with Crippen LogP contribution in [0.15, 0.2) is 53.8 Å². The molecule has 134 valence electrons. The van der Waals surface area contributed by atoms with Crippen LogP contribution in [0.25, 0.3) is 10.9 Å². The van der Waals surface area contributed by atoms with Crippen LogP contribution in [0.4, 0.5) is 5.82 Å². The summed E-state index contributed by atoms with van der Waals surface area (Å²) in [6, 6.07) is 6.36. The quantitative estimate of drug-likeness (QED) is 0.892. The van der Waals surface area contributed by atoms with Crippen molar-refractivity contribution in [2.24, 2.45) is 0 Å². The van der Waals surface area contributed by atoms with Crippen molar-refractivity contribution in [1.29, 1.82) is 0 Å². The smallest absolute Gasteiger partial charge is 0.140 e. The summed E-state index contributed by atoms with van der Waals surface area (Å²) < 4.78 is 0. The van der Waals surface area contributed by atoms with Gasteiger partial charge in [-0.25, -0.2) is 9.97 Å². The van der Waals surface area contributed by atoms with E-state index in [0.29, 0.717) is 12.2 Å². The van der Waals surface area contributed by atoms with Gasteiger partial charge in [-0.2, -0.15) is 0 Å². The van der Waals surface area contributed by atoms with Crippen LogP contribution < -0.4 is 10.2 Å². The van der Waals surface area contributed by atoms with Gasteiger partial charge in [-0.05, 0) is 42.7 Å². The summed E-state index contributed by atoms with van der Waals surface area (Å²) in [5.41, 5.74) is 3.12. The summed E-state index contributed by atoms with van der Waals surface area (Å²) >= 11 is 0. The maximum atomic E-state index is 10.3. The second-order valence-electron chi connectivity index (χ2n) is 6.88. The number of hydrogen-bond donors (Lipinski definition) is 2. The van der Waals surface area contributed by atoms with Crippen molar-refractivity contribution in [3.63, 3.8) is 0 Å². The van der Waals surface area contributed by atoms with Gasteiger partial charge in [0.05, 0.1) is 5.52 Å². The van der Waals surface area contributed by atoms with Crippen molar-refractivity contribution >= 4 is 16.7 Å². The highest BCUT2D eigenvalue weighted by molar-refractivity contribution is 5.90. The molecule has 0 bridgehead atoms. The maximum Gasteiger partial charge on any atom is 0.140 e. The van der Waals surface area contributed by atoms with Crippen molar-refractivity contribution in [3.05, 3.63) is 65.2 Å². The SMILES string of the molecule is Cc1ccc2c(N3CCNCC3)nc(CC3=C(O)C=CC=CC3)nc2c1. The number of rotatable bonds is 3. The van der Waals surface area contributed by atoms with Gasteiger partial charge < -0.3 is 15.3 Å². The summed E-state index contributed by atoms with van der Waals surface area (Å²) in [6.45, 7) is 5.90. The monoisotopic (exact) mass is 348 g/mol. The summed E-state index contributed by atoms with van der Waals surface area (Å²) in [7, 11) is 0. The van der Waals surface area contributed by atoms with Crippen LogP contribution in [0.1, 0.15) is 17.8 Å². The number of hydrogen-bond acceptors (Lipinski definition) is 5. The van der Waals surface area contributed by atoms with E-state index in [1.54, 1.807) is 6.08 Å². The predicted molar refractivity (Wildman–Crippen MR) is 106 cm³/mol. The van der Waals surface area contributed by atoms with E-state index in [-0.39, 0.29) is 0 Å². The molecule has 1 aliphatic heterocycles. The lowest BCUT2D eigenvalue weighted by Crippen LogP contribution is -2.44. The van der Waals surface area contributed by atoms with Crippen LogP contribution in [0.5, 0.6) is 0 Å². The highest BCUT2D eigenvalue weighted by Gasteiger charge is 2.18. The first-order valence-electron chi connectivity index (χ1n) is 9.18. The number of piperazine rings is 1. The minimum absolute atomic E-state index is 0.326. The third kappa shape index (κ3) is 3.48. The fourth-order valence-electron chi connectivity index (χ4n) is 3.48. The Morgan fingerprint density at radius 3 is 2.85 bits per heavy atom. The van der Waals surface area contributed by atoms with E-state index in [2.05, 4.69) is 41.4 Å². The first-order valence-corrected chi connectivity index (χ1v) is 9.18. The highest BCUT2D eigenvalue weighted by atomic mass is 16.3. The zero-order valence-electron chi connectivity index (χ0n) is 15.1. The third-order valence-electron chi connectivity index (χ3n) is 4.89. The van der Waals surface area contributed by atoms with Crippen LogP contribution in [0.3, 0.4) is 0 Å². The van der Waals surface area contributed by atoms with Gasteiger partial charge in [-0.15, -0.1) is 0 Å². The second-order valence-corrected chi connectivity index (χ2v) is 6.88. The first kappa shape index (κ1) is 16.8. The topological polar surface area (TPSA) is 61.3 Å². The van der Waals surface area contributed by atoms with Gasteiger partial charge in [0.25, 0.3) is 0 Å². The molecule has 2 aliphatic rings. The zero-order valence-corrected chi connectivity index (χ0v) is 15.1. The molecule has 0 radical (unpaired) electrons. The molecule has 4 rings (SSSR count). The Morgan fingerprint density at radius 2 is 2.00 bits per heavy atom. The molecule has 0 amide bonds. The number of anilines is 1. The molecule has 0 unspecified atom stereocenters. The van der Waals surface area contributed by atoms with Gasteiger partial charge in [0.1, 0.15) is 17.4 Å². The molecule has 1 aromatic heterocycles. The van der Waals surface area contributed by atoms with Crippen LogP contribution in [-0.4, -0.2) is 41.3 Å². The molecule has 5 nitrogen and oxygen atoms in total. The van der Waals surface area contributed by atoms with E-state index in [9.17, 15) is 5.11 Å². The number of aryl methyl sites for hydroxylation is 1. The third-order valence-corrected chi connectivity index (χ3v) is 4.89. The number of aromatic nitrogens is 2. The second kappa shape index (κ2) is 7.30. The molecule has 0 spiro atoms. The summed E-state index contributed by atoms with van der Waals surface area (Å²) in [5.74, 6) is 2.10. The first-order chi connectivity index (χ1) is 12.7. The van der Waals surface area contributed by atoms with E-state index in [1.807, 2.05) is 12.2 Å². The fourth-order valence-corrected chi connectivity index (χ4v) is 3.48. The summed E-state index contributed by atoms with van der Waals surface area (Å²) in [4.78, 5) is 12.0. The molecule has 2 aromatic rings. The van der Waals surface area contributed by atoms with Crippen LogP contribution in [-0.2, 0) is 6.42 Å². The number of aliphatic hydroxyl groups excluding tert-OH is 1. The Balaban J connectivity index is 1.77. The highest BCUT2D eigenvalue weighted by Crippen LogP contribution is 2.27. The molecule has 26 heavy (non-hydrogen) atoms. The minimum Gasteiger partial charge on any atom is -0.508 e. The average Bonchev–Trinajstić information content (AvgIpc) is 2.86. The Hall–Kier alpha value is -2.66. The minimum atomic E-state index is 0.326. The zero-order chi connectivity index (χ0) is 17.9. The number of aliphatic hydroxyl groups is 1. The van der Waals surface area contributed by atoms with E-state index in [1.165, 1.54) is 5.56 Å². The summed E-state index contributed by atoms with van der Waals surface area (Å²) in [5, 5.41) is 14.8. The van der Waals surface area contributed by atoms with Gasteiger partial charge >= 0.3 is 0 Å². The van der Waals surface area contributed by atoms with Crippen LogP contribution in [0, 0.1) is 6.92 Å². The van der Waals surface area contributed by atoms with Crippen LogP contribution in [0.2, 0.25) is 0 Å². The molecule has 1 fully saturated rings. The molecule has 1 aliphatic carbocycles. The van der Waals surface area contributed by atoms with Crippen molar-refractivity contribution < 1.29 is 5.11 Å². The van der Waals surface area contributed by atoms with Crippen molar-refractivity contribution in [2.75, 3.05) is 31.1 Å². The number of fused-ring (bicyclic) bond motifs is 1. The maximum absolute atomic E-state index is 10.3. The molecule has 1 aromatic carbocycles. The number of allylic oxidation sites excluding steroid dienone is 5. The molecule has 5 heteroatoms. The van der Waals surface area contributed by atoms with Gasteiger partial charge in [0, 0.05) is 38.0 Å². The summed E-state index contributed by atoms with van der Waals surface area (Å²) in [6.07, 6.45) is 8.89. The van der Waals surface area contributed by atoms with Crippen LogP contribution >= 0.6 is 0 Å². The van der Waals surface area contributed by atoms with E-state index in [0.717, 1.165) is 60.7 Å². The molecule has 0 atom stereocenters. The Bertz CT molecular complexity index is 908. The fraction of sp³-hybridized carbons (Fsp3) is 0.333. The van der Waals surface area contributed by atoms with E-state index < -0.39 is 0 Å². The lowest BCUT2D eigenvalue weighted by molar-refractivity contribution is 0.422. The van der Waals surface area contributed by atoms with Gasteiger partial charge in [0.2, 0.25) is 0 Å². The predicted octanol–water partition coefficient (Wildman–Crippen LogP) is 3.22. The Morgan fingerprint density at radius 1 is 1.15 bits per heavy atom. The molecule has 2 heterocycles. The molecular formula is C21H24N4O. The molecule has 0 saturated carbocycles. The standard InChI is InChI=1S/C21H24N4O/c1-15-7-8-17-18(13-15)23-20(14-16-5-3-2-4-6-19(16)26)24-21(17)25-11-9-22-10-12-25/h2-4,6-8,13,22,26H,5,9-12,14H2,1H3. The van der Waals surface area contributed by atoms with Gasteiger partial charge in [0.15, 0.2) is 0 Å². The van der Waals surface area contributed by atoms with E-state index in [4.69, 9.17) is 9.97 Å². The van der Waals surface area contributed by atoms with Crippen molar-refractivity contribution in [1.82, 2.24) is 15.3 Å². The number of benzene rings is 1.